The van der Waals surface area contributed by atoms with Crippen molar-refractivity contribution in [3.8, 4) is 0 Å². The number of likely N-dealkylation sites (N-methyl/N-ethyl adjacent to an activating group) is 1. The number of nitrogens with two attached hydrogens (primary N) is 1. The van der Waals surface area contributed by atoms with Crippen molar-refractivity contribution in [2.75, 3.05) is 20.1 Å². The molecule has 0 aliphatic rings. The number of carbonyl (C=O) groups is 2. The van der Waals surface area contributed by atoms with Crippen molar-refractivity contribution < 1.29 is 9.59 Å². The van der Waals surface area contributed by atoms with E-state index in [9.17, 15) is 9.59 Å². The van der Waals surface area contributed by atoms with E-state index in [-0.39, 0.29) is 18.5 Å². The summed E-state index contributed by atoms with van der Waals surface area (Å²) in [6.45, 7) is 4.47. The maximum atomic E-state index is 11.9. The zero-order valence-corrected chi connectivity index (χ0v) is 12.3. The van der Waals surface area contributed by atoms with Crippen molar-refractivity contribution >= 4 is 11.8 Å². The first-order valence-corrected chi connectivity index (χ1v) is 6.72. The van der Waals surface area contributed by atoms with Crippen molar-refractivity contribution in [3.63, 3.8) is 0 Å². The minimum absolute atomic E-state index is 0.0758. The number of primary amides is 1. The van der Waals surface area contributed by atoms with Crippen LogP contribution >= 0.6 is 0 Å². The molecule has 0 heterocycles. The molecule has 0 bridgehead atoms. The largest absolute Gasteiger partial charge is 0.369 e. The molecule has 0 aliphatic carbocycles. The molecule has 1 aromatic rings. The lowest BCUT2D eigenvalue weighted by Gasteiger charge is -2.22. The van der Waals surface area contributed by atoms with Crippen LogP contribution in [0.3, 0.4) is 0 Å². The fourth-order valence-electron chi connectivity index (χ4n) is 1.94. The Morgan fingerprint density at radius 2 is 2.00 bits per heavy atom. The van der Waals surface area contributed by atoms with Gasteiger partial charge in [0.25, 0.3) is 0 Å². The Kier molecular flexibility index (Phi) is 6.18. The van der Waals surface area contributed by atoms with Crippen LogP contribution in [0.1, 0.15) is 18.1 Å². The third-order valence-corrected chi connectivity index (χ3v) is 3.40. The van der Waals surface area contributed by atoms with E-state index < -0.39 is 5.91 Å². The van der Waals surface area contributed by atoms with Crippen molar-refractivity contribution in [2.24, 2.45) is 5.73 Å². The Bertz CT molecular complexity index is 474. The summed E-state index contributed by atoms with van der Waals surface area (Å²) in [4.78, 5) is 24.4. The molecule has 0 aromatic heterocycles. The number of amides is 2. The molecule has 0 saturated heterocycles. The van der Waals surface area contributed by atoms with Gasteiger partial charge < -0.3 is 11.1 Å². The van der Waals surface area contributed by atoms with Gasteiger partial charge in [0.15, 0.2) is 0 Å². The van der Waals surface area contributed by atoms with Gasteiger partial charge in [-0.3, -0.25) is 14.5 Å². The first-order chi connectivity index (χ1) is 9.41. The molecule has 1 unspecified atom stereocenters. The van der Waals surface area contributed by atoms with Gasteiger partial charge >= 0.3 is 0 Å². The Balaban J connectivity index is 2.40. The van der Waals surface area contributed by atoms with Gasteiger partial charge in [0, 0.05) is 6.54 Å². The smallest absolute Gasteiger partial charge is 0.237 e. The van der Waals surface area contributed by atoms with E-state index in [4.69, 9.17) is 5.73 Å². The zero-order chi connectivity index (χ0) is 15.1. The van der Waals surface area contributed by atoms with E-state index in [1.807, 2.05) is 12.1 Å². The van der Waals surface area contributed by atoms with Crippen LogP contribution < -0.4 is 11.1 Å². The molecule has 5 heteroatoms. The summed E-state index contributed by atoms with van der Waals surface area (Å²) in [5, 5.41) is 2.88. The molecule has 0 fully saturated rings. The number of benzene rings is 1. The Morgan fingerprint density at radius 1 is 1.35 bits per heavy atom. The number of nitrogens with one attached hydrogen (secondary N) is 1. The summed E-state index contributed by atoms with van der Waals surface area (Å²) in [6.07, 6.45) is 0.796. The van der Waals surface area contributed by atoms with Crippen LogP contribution in [0.15, 0.2) is 24.3 Å². The predicted molar refractivity (Wildman–Crippen MR) is 79.2 cm³/mol. The number of rotatable bonds is 7. The van der Waals surface area contributed by atoms with Crippen LogP contribution in [0, 0.1) is 6.92 Å². The molecular weight excluding hydrogens is 254 g/mol. The van der Waals surface area contributed by atoms with Gasteiger partial charge in [-0.2, -0.15) is 0 Å². The fraction of sp³-hybridized carbons (Fsp3) is 0.467. The van der Waals surface area contributed by atoms with E-state index >= 15 is 0 Å². The number of nitrogens with zero attached hydrogens (tertiary/aromatic N) is 1. The second kappa shape index (κ2) is 7.65. The Labute approximate surface area is 120 Å². The first kappa shape index (κ1) is 16.2. The highest BCUT2D eigenvalue weighted by Crippen LogP contribution is 2.06. The maximum absolute atomic E-state index is 11.9. The van der Waals surface area contributed by atoms with Crippen molar-refractivity contribution in [3.05, 3.63) is 35.4 Å². The van der Waals surface area contributed by atoms with Crippen LogP contribution in [0.5, 0.6) is 0 Å². The van der Waals surface area contributed by atoms with Crippen LogP contribution in [-0.4, -0.2) is 42.9 Å². The SMILES string of the molecule is Cc1ccccc1CCNC(=O)C(C)N(C)CC(N)=O. The van der Waals surface area contributed by atoms with E-state index in [2.05, 4.69) is 24.4 Å². The minimum atomic E-state index is -0.438. The highest BCUT2D eigenvalue weighted by Gasteiger charge is 2.18. The van der Waals surface area contributed by atoms with E-state index in [1.54, 1.807) is 18.9 Å². The highest BCUT2D eigenvalue weighted by molar-refractivity contribution is 5.82. The molecule has 1 rings (SSSR count). The second-order valence-corrected chi connectivity index (χ2v) is 5.02. The van der Waals surface area contributed by atoms with Gasteiger partial charge in [0.1, 0.15) is 0 Å². The lowest BCUT2D eigenvalue weighted by molar-refractivity contribution is -0.126. The van der Waals surface area contributed by atoms with E-state index in [1.165, 1.54) is 11.1 Å². The Morgan fingerprint density at radius 3 is 2.60 bits per heavy atom. The summed E-state index contributed by atoms with van der Waals surface area (Å²) in [7, 11) is 1.70. The summed E-state index contributed by atoms with van der Waals surface area (Å²) in [5.41, 5.74) is 7.56. The molecule has 0 spiro atoms. The monoisotopic (exact) mass is 277 g/mol. The highest BCUT2D eigenvalue weighted by atomic mass is 16.2. The average Bonchev–Trinajstić information content (AvgIpc) is 2.39. The van der Waals surface area contributed by atoms with Crippen LogP contribution in [-0.2, 0) is 16.0 Å². The zero-order valence-electron chi connectivity index (χ0n) is 12.3. The van der Waals surface area contributed by atoms with Crippen LogP contribution in [0.4, 0.5) is 0 Å². The third-order valence-electron chi connectivity index (χ3n) is 3.40. The molecule has 3 N–H and O–H groups in total. The molecule has 0 radical (unpaired) electrons. The fourth-order valence-corrected chi connectivity index (χ4v) is 1.94. The molecule has 2 amide bonds. The summed E-state index contributed by atoms with van der Waals surface area (Å²) in [5.74, 6) is -0.533. The van der Waals surface area contributed by atoms with Gasteiger partial charge in [0.2, 0.25) is 11.8 Å². The first-order valence-electron chi connectivity index (χ1n) is 6.72. The second-order valence-electron chi connectivity index (χ2n) is 5.02. The van der Waals surface area contributed by atoms with Crippen molar-refractivity contribution in [1.29, 1.82) is 0 Å². The topological polar surface area (TPSA) is 75.4 Å². The molecule has 0 saturated carbocycles. The van der Waals surface area contributed by atoms with Crippen LogP contribution in [0.2, 0.25) is 0 Å². The molecule has 20 heavy (non-hydrogen) atoms. The third kappa shape index (κ3) is 5.01. The van der Waals surface area contributed by atoms with E-state index in [0.717, 1.165) is 6.42 Å². The summed E-state index contributed by atoms with van der Waals surface area (Å²) in [6, 6.07) is 7.73. The van der Waals surface area contributed by atoms with Gasteiger partial charge in [-0.15, -0.1) is 0 Å². The van der Waals surface area contributed by atoms with Crippen molar-refractivity contribution in [2.45, 2.75) is 26.3 Å². The predicted octanol–water partition coefficient (Wildman–Crippen LogP) is 0.459. The van der Waals surface area contributed by atoms with Gasteiger partial charge in [-0.25, -0.2) is 0 Å². The van der Waals surface area contributed by atoms with Gasteiger partial charge in [-0.1, -0.05) is 24.3 Å². The molecule has 110 valence electrons. The molecule has 5 nitrogen and oxygen atoms in total. The number of carbonyl (C=O) groups excluding carboxylic acids is 2. The van der Waals surface area contributed by atoms with Gasteiger partial charge in [-0.05, 0) is 38.4 Å². The standard InChI is InChI=1S/C15H23N3O2/c1-11-6-4-5-7-13(11)8-9-17-15(20)12(2)18(3)10-14(16)19/h4-7,12H,8-10H2,1-3H3,(H2,16,19)(H,17,20). The van der Waals surface area contributed by atoms with Crippen LogP contribution in [0.25, 0.3) is 0 Å². The summed E-state index contributed by atoms with van der Waals surface area (Å²) >= 11 is 0. The Hall–Kier alpha value is -1.88. The lowest BCUT2D eigenvalue weighted by atomic mass is 10.1. The van der Waals surface area contributed by atoms with E-state index in [0.29, 0.717) is 6.54 Å². The maximum Gasteiger partial charge on any atom is 0.237 e. The molecule has 1 aromatic carbocycles. The average molecular weight is 277 g/mol. The lowest BCUT2D eigenvalue weighted by Crippen LogP contribution is -2.46. The normalized spacial score (nSPS) is 12.2. The number of hydrogen-bond acceptors (Lipinski definition) is 3. The minimum Gasteiger partial charge on any atom is -0.369 e. The molecule has 0 aliphatic heterocycles. The van der Waals surface area contributed by atoms with Gasteiger partial charge in [0.05, 0.1) is 12.6 Å². The number of hydrogen-bond donors (Lipinski definition) is 2. The number of aryl methyl sites for hydroxylation is 1. The van der Waals surface area contributed by atoms with Crippen molar-refractivity contribution in [1.82, 2.24) is 10.2 Å². The molecular formula is C15H23N3O2. The molecule has 1 atom stereocenters. The quantitative estimate of drug-likeness (QED) is 0.760. The summed E-state index contributed by atoms with van der Waals surface area (Å²) < 4.78 is 0.